The maximum absolute atomic E-state index is 4.27. The van der Waals surface area contributed by atoms with Crippen molar-refractivity contribution < 1.29 is 0 Å². The van der Waals surface area contributed by atoms with Crippen LogP contribution in [0.15, 0.2) is 71.5 Å². The molecule has 2 heterocycles. The molecular weight excluding hydrogens is 312 g/mol. The Bertz CT molecular complexity index is 910. The Labute approximate surface area is 124 Å². The minimum atomic E-state index is 1.08. The van der Waals surface area contributed by atoms with Crippen molar-refractivity contribution in [1.82, 2.24) is 9.55 Å². The van der Waals surface area contributed by atoms with Crippen molar-refractivity contribution in [3.05, 3.63) is 71.5 Å². The summed E-state index contributed by atoms with van der Waals surface area (Å²) in [5.41, 5.74) is 3.54. The molecule has 0 bridgehead atoms. The zero-order chi connectivity index (χ0) is 13.5. The molecule has 2 aromatic carbocycles. The van der Waals surface area contributed by atoms with E-state index in [2.05, 4.69) is 74.0 Å². The number of pyridine rings is 1. The van der Waals surface area contributed by atoms with Crippen LogP contribution in [0.2, 0.25) is 0 Å². The lowest BCUT2D eigenvalue weighted by atomic mass is 10.2. The van der Waals surface area contributed by atoms with E-state index in [1.54, 1.807) is 0 Å². The van der Waals surface area contributed by atoms with Crippen LogP contribution in [0, 0.1) is 0 Å². The van der Waals surface area contributed by atoms with Gasteiger partial charge in [0.25, 0.3) is 0 Å². The summed E-state index contributed by atoms with van der Waals surface area (Å²) in [6.45, 7) is 0. The Kier molecular flexibility index (Phi) is 2.60. The lowest BCUT2D eigenvalue weighted by Gasteiger charge is -2.06. The first-order chi connectivity index (χ1) is 9.84. The normalized spacial score (nSPS) is 11.2. The summed E-state index contributed by atoms with van der Waals surface area (Å²) in [7, 11) is 0. The number of para-hydroxylation sites is 1. The van der Waals surface area contributed by atoms with Crippen molar-refractivity contribution in [1.29, 1.82) is 0 Å². The van der Waals surface area contributed by atoms with Gasteiger partial charge in [-0.1, -0.05) is 34.1 Å². The standard InChI is InChI=1S/C17H11BrN2/c18-12-6-7-16-14(10-12)15-11-19-9-8-17(15)20(16)13-4-2-1-3-5-13/h1-11H. The number of aromatic nitrogens is 2. The second-order valence-electron chi connectivity index (χ2n) is 4.73. The predicted molar refractivity (Wildman–Crippen MR) is 86.3 cm³/mol. The van der Waals surface area contributed by atoms with Gasteiger partial charge in [0.1, 0.15) is 0 Å². The zero-order valence-corrected chi connectivity index (χ0v) is 12.2. The summed E-state index contributed by atoms with van der Waals surface area (Å²) in [6, 6.07) is 18.9. The molecular formula is C17H11BrN2. The molecule has 0 spiro atoms. The van der Waals surface area contributed by atoms with E-state index in [0.29, 0.717) is 0 Å². The Morgan fingerprint density at radius 3 is 2.50 bits per heavy atom. The quantitative estimate of drug-likeness (QED) is 0.485. The molecule has 0 unspecified atom stereocenters. The smallest absolute Gasteiger partial charge is 0.0571 e. The zero-order valence-electron chi connectivity index (χ0n) is 10.6. The van der Waals surface area contributed by atoms with Gasteiger partial charge in [0, 0.05) is 33.3 Å². The Morgan fingerprint density at radius 2 is 1.65 bits per heavy atom. The van der Waals surface area contributed by atoms with Crippen LogP contribution < -0.4 is 0 Å². The van der Waals surface area contributed by atoms with Gasteiger partial charge in [-0.15, -0.1) is 0 Å². The summed E-state index contributed by atoms with van der Waals surface area (Å²) < 4.78 is 3.36. The first-order valence-electron chi connectivity index (χ1n) is 6.44. The molecule has 2 nitrogen and oxygen atoms in total. The van der Waals surface area contributed by atoms with E-state index in [1.807, 2.05) is 18.5 Å². The van der Waals surface area contributed by atoms with Crippen LogP contribution in [-0.4, -0.2) is 9.55 Å². The average molecular weight is 323 g/mol. The van der Waals surface area contributed by atoms with E-state index < -0.39 is 0 Å². The van der Waals surface area contributed by atoms with Crippen molar-refractivity contribution in [3.8, 4) is 5.69 Å². The van der Waals surface area contributed by atoms with E-state index in [4.69, 9.17) is 0 Å². The maximum atomic E-state index is 4.27. The SMILES string of the molecule is Brc1ccc2c(c1)c1cnccc1n2-c1ccccc1. The fourth-order valence-electron chi connectivity index (χ4n) is 2.69. The monoisotopic (exact) mass is 322 g/mol. The van der Waals surface area contributed by atoms with Crippen molar-refractivity contribution in [2.24, 2.45) is 0 Å². The molecule has 0 amide bonds. The number of benzene rings is 2. The second kappa shape index (κ2) is 4.46. The topological polar surface area (TPSA) is 17.8 Å². The van der Waals surface area contributed by atoms with Crippen molar-refractivity contribution >= 4 is 37.7 Å². The van der Waals surface area contributed by atoms with Crippen LogP contribution in [0.25, 0.3) is 27.5 Å². The van der Waals surface area contributed by atoms with Gasteiger partial charge in [0.15, 0.2) is 0 Å². The van der Waals surface area contributed by atoms with E-state index in [0.717, 1.165) is 4.47 Å². The molecule has 0 fully saturated rings. The molecule has 96 valence electrons. The molecule has 2 aromatic heterocycles. The molecule has 0 aliphatic carbocycles. The average Bonchev–Trinajstić information content (AvgIpc) is 2.82. The lowest BCUT2D eigenvalue weighted by Crippen LogP contribution is -1.92. The number of fused-ring (bicyclic) bond motifs is 3. The molecule has 0 atom stereocenters. The number of hydrogen-bond donors (Lipinski definition) is 0. The van der Waals surface area contributed by atoms with E-state index >= 15 is 0 Å². The molecule has 0 radical (unpaired) electrons. The maximum Gasteiger partial charge on any atom is 0.0571 e. The summed E-state index contributed by atoms with van der Waals surface area (Å²) in [5.74, 6) is 0. The van der Waals surface area contributed by atoms with Gasteiger partial charge in [-0.2, -0.15) is 0 Å². The van der Waals surface area contributed by atoms with Crippen LogP contribution in [0.3, 0.4) is 0 Å². The summed E-state index contributed by atoms with van der Waals surface area (Å²) in [5, 5.41) is 2.39. The van der Waals surface area contributed by atoms with Crippen molar-refractivity contribution in [2.45, 2.75) is 0 Å². The number of nitrogens with zero attached hydrogens (tertiary/aromatic N) is 2. The van der Waals surface area contributed by atoms with Crippen LogP contribution in [0.4, 0.5) is 0 Å². The fraction of sp³-hybridized carbons (Fsp3) is 0. The summed E-state index contributed by atoms with van der Waals surface area (Å²) >= 11 is 3.55. The second-order valence-corrected chi connectivity index (χ2v) is 5.64. The van der Waals surface area contributed by atoms with Crippen molar-refractivity contribution in [3.63, 3.8) is 0 Å². The first-order valence-corrected chi connectivity index (χ1v) is 7.23. The van der Waals surface area contributed by atoms with Crippen LogP contribution >= 0.6 is 15.9 Å². The minimum Gasteiger partial charge on any atom is -0.309 e. The predicted octanol–water partition coefficient (Wildman–Crippen LogP) is 4.94. The van der Waals surface area contributed by atoms with Gasteiger partial charge in [-0.25, -0.2) is 0 Å². The molecule has 20 heavy (non-hydrogen) atoms. The van der Waals surface area contributed by atoms with E-state index in [9.17, 15) is 0 Å². The van der Waals surface area contributed by atoms with E-state index in [1.165, 1.54) is 27.5 Å². The minimum absolute atomic E-state index is 1.08. The lowest BCUT2D eigenvalue weighted by molar-refractivity contribution is 1.17. The van der Waals surface area contributed by atoms with Gasteiger partial charge >= 0.3 is 0 Å². The number of hydrogen-bond acceptors (Lipinski definition) is 1. The third kappa shape index (κ3) is 1.67. The highest BCUT2D eigenvalue weighted by Gasteiger charge is 2.11. The third-order valence-electron chi connectivity index (χ3n) is 3.54. The highest BCUT2D eigenvalue weighted by Crippen LogP contribution is 2.32. The molecule has 0 aliphatic rings. The third-order valence-corrected chi connectivity index (χ3v) is 4.04. The van der Waals surface area contributed by atoms with Gasteiger partial charge < -0.3 is 4.57 Å². The Balaban J connectivity index is 2.22. The molecule has 0 saturated heterocycles. The van der Waals surface area contributed by atoms with Gasteiger partial charge in [0.05, 0.1) is 11.0 Å². The van der Waals surface area contributed by atoms with Gasteiger partial charge in [-0.3, -0.25) is 4.98 Å². The van der Waals surface area contributed by atoms with Crippen LogP contribution in [0.5, 0.6) is 0 Å². The fourth-order valence-corrected chi connectivity index (χ4v) is 3.05. The van der Waals surface area contributed by atoms with Crippen LogP contribution in [-0.2, 0) is 0 Å². The molecule has 4 rings (SSSR count). The number of halogens is 1. The highest BCUT2D eigenvalue weighted by atomic mass is 79.9. The largest absolute Gasteiger partial charge is 0.309 e. The number of rotatable bonds is 1. The summed E-state index contributed by atoms with van der Waals surface area (Å²) in [6.07, 6.45) is 3.78. The van der Waals surface area contributed by atoms with Gasteiger partial charge in [0.2, 0.25) is 0 Å². The van der Waals surface area contributed by atoms with Crippen molar-refractivity contribution in [2.75, 3.05) is 0 Å². The highest BCUT2D eigenvalue weighted by molar-refractivity contribution is 9.10. The summed E-state index contributed by atoms with van der Waals surface area (Å²) in [4.78, 5) is 4.27. The van der Waals surface area contributed by atoms with Crippen LogP contribution in [0.1, 0.15) is 0 Å². The molecule has 4 aromatic rings. The Morgan fingerprint density at radius 1 is 0.850 bits per heavy atom. The molecule has 0 N–H and O–H groups in total. The first kappa shape index (κ1) is 11.7. The molecule has 0 saturated carbocycles. The van der Waals surface area contributed by atoms with E-state index in [-0.39, 0.29) is 0 Å². The van der Waals surface area contributed by atoms with Gasteiger partial charge in [-0.05, 0) is 36.4 Å². The molecule has 3 heteroatoms. The molecule has 0 aliphatic heterocycles. The Hall–Kier alpha value is -2.13.